The Morgan fingerprint density at radius 2 is 1.75 bits per heavy atom. The summed E-state index contributed by atoms with van der Waals surface area (Å²) in [5, 5.41) is 13.3. The zero-order chi connectivity index (χ0) is 25.7. The topological polar surface area (TPSA) is 79.8 Å². The van der Waals surface area contributed by atoms with Crippen LogP contribution in [0.15, 0.2) is 64.3 Å². The van der Waals surface area contributed by atoms with Crippen molar-refractivity contribution in [2.45, 2.75) is 63.6 Å². The lowest BCUT2D eigenvalue weighted by atomic mass is 9.69. The molecule has 0 amide bonds. The van der Waals surface area contributed by atoms with Crippen LogP contribution >= 0.6 is 0 Å². The zero-order valence-corrected chi connectivity index (χ0v) is 20.3. The lowest BCUT2D eigenvalue weighted by molar-refractivity contribution is 0.292. The van der Waals surface area contributed by atoms with Gasteiger partial charge >= 0.3 is 5.69 Å². The van der Waals surface area contributed by atoms with Crippen molar-refractivity contribution in [3.63, 3.8) is 0 Å². The minimum Gasteiger partial charge on any atom is -0.314 e. The molecule has 1 aromatic heterocycles. The Balaban J connectivity index is 1.34. The van der Waals surface area contributed by atoms with Gasteiger partial charge < -0.3 is 5.32 Å². The number of nitrogens with zero attached hydrogens (tertiary/aromatic N) is 3. The predicted molar refractivity (Wildman–Crippen MR) is 134 cm³/mol. The summed E-state index contributed by atoms with van der Waals surface area (Å²) < 4.78 is 30.3. The van der Waals surface area contributed by atoms with Crippen LogP contribution in [-0.2, 0) is 18.5 Å². The second kappa shape index (κ2) is 11.0. The molecule has 3 aromatic rings. The Bertz CT molecular complexity index is 1350. The van der Waals surface area contributed by atoms with Gasteiger partial charge in [-0.25, -0.2) is 13.6 Å². The maximum absolute atomic E-state index is 13.7. The van der Waals surface area contributed by atoms with Gasteiger partial charge in [0.2, 0.25) is 0 Å². The second-order valence-electron chi connectivity index (χ2n) is 9.60. The molecule has 1 aliphatic carbocycles. The van der Waals surface area contributed by atoms with E-state index in [4.69, 9.17) is 0 Å². The molecular formula is C28H30F2N4O2. The van der Waals surface area contributed by atoms with Crippen LogP contribution in [0.1, 0.15) is 48.8 Å². The van der Waals surface area contributed by atoms with Gasteiger partial charge in [-0.1, -0.05) is 30.3 Å². The summed E-state index contributed by atoms with van der Waals surface area (Å²) in [6.07, 6.45) is 4.61. The molecule has 188 valence electrons. The third kappa shape index (κ3) is 5.63. The van der Waals surface area contributed by atoms with Gasteiger partial charge in [-0.05, 0) is 68.8 Å². The van der Waals surface area contributed by atoms with Gasteiger partial charge in [0.1, 0.15) is 11.6 Å². The summed E-state index contributed by atoms with van der Waals surface area (Å²) in [7, 11) is 0. The molecule has 1 fully saturated rings. The van der Waals surface area contributed by atoms with Gasteiger partial charge in [0.05, 0.1) is 18.0 Å². The van der Waals surface area contributed by atoms with Crippen molar-refractivity contribution in [3.8, 4) is 6.07 Å². The highest BCUT2D eigenvalue weighted by Gasteiger charge is 2.37. The van der Waals surface area contributed by atoms with Crippen LogP contribution in [0, 0.1) is 29.9 Å². The summed E-state index contributed by atoms with van der Waals surface area (Å²) in [5.74, 6) is -1.34. The van der Waals surface area contributed by atoms with E-state index in [1.807, 2.05) is 30.3 Å². The molecule has 4 rings (SSSR count). The Morgan fingerprint density at radius 3 is 2.39 bits per heavy atom. The van der Waals surface area contributed by atoms with Crippen molar-refractivity contribution in [2.75, 3.05) is 6.54 Å². The summed E-state index contributed by atoms with van der Waals surface area (Å²) in [5.41, 5.74) is 0.410. The molecule has 1 N–H and O–H groups in total. The Hall–Kier alpha value is -3.57. The zero-order valence-electron chi connectivity index (χ0n) is 20.3. The van der Waals surface area contributed by atoms with Crippen molar-refractivity contribution in [3.05, 3.63) is 104 Å². The third-order valence-electron chi connectivity index (χ3n) is 7.06. The molecule has 0 saturated heterocycles. The highest BCUT2D eigenvalue weighted by atomic mass is 19.1. The number of halogens is 2. The smallest absolute Gasteiger partial charge is 0.314 e. The van der Waals surface area contributed by atoms with Gasteiger partial charge in [-0.2, -0.15) is 5.26 Å². The lowest BCUT2D eigenvalue weighted by Gasteiger charge is -2.35. The van der Waals surface area contributed by atoms with Gasteiger partial charge in [0.25, 0.3) is 5.56 Å². The summed E-state index contributed by atoms with van der Waals surface area (Å²) in [6, 6.07) is 15.4. The van der Waals surface area contributed by atoms with Crippen LogP contribution in [0.5, 0.6) is 0 Å². The molecule has 1 saturated carbocycles. The van der Waals surface area contributed by atoms with E-state index in [2.05, 4.69) is 11.4 Å². The molecule has 0 unspecified atom stereocenters. The monoisotopic (exact) mass is 492 g/mol. The van der Waals surface area contributed by atoms with Crippen LogP contribution in [0.4, 0.5) is 8.78 Å². The first-order valence-electron chi connectivity index (χ1n) is 12.3. The fraction of sp³-hybridized carbons (Fsp3) is 0.393. The predicted octanol–water partition coefficient (Wildman–Crippen LogP) is 4.03. The molecule has 36 heavy (non-hydrogen) atoms. The number of rotatable bonds is 8. The second-order valence-corrected chi connectivity index (χ2v) is 9.60. The number of hydrogen-bond acceptors (Lipinski definition) is 4. The maximum atomic E-state index is 13.7. The van der Waals surface area contributed by atoms with Crippen LogP contribution in [0.3, 0.4) is 0 Å². The van der Waals surface area contributed by atoms with Crippen molar-refractivity contribution in [1.29, 1.82) is 5.26 Å². The van der Waals surface area contributed by atoms with E-state index in [0.717, 1.165) is 11.6 Å². The van der Waals surface area contributed by atoms with E-state index < -0.39 is 17.0 Å². The molecule has 0 radical (unpaired) electrons. The van der Waals surface area contributed by atoms with Crippen molar-refractivity contribution >= 4 is 0 Å². The molecule has 0 bridgehead atoms. The minimum atomic E-state index is -0.889. The summed E-state index contributed by atoms with van der Waals surface area (Å²) in [4.78, 5) is 25.6. The quantitative estimate of drug-likeness (QED) is 0.482. The fourth-order valence-corrected chi connectivity index (χ4v) is 5.04. The number of aryl methyl sites for hydroxylation is 1. The normalized spacial score (nSPS) is 19.7. The summed E-state index contributed by atoms with van der Waals surface area (Å²) in [6.45, 7) is 3.03. The van der Waals surface area contributed by atoms with Crippen molar-refractivity contribution in [2.24, 2.45) is 0 Å². The maximum Gasteiger partial charge on any atom is 0.331 e. The molecule has 1 heterocycles. The molecule has 0 spiro atoms. The van der Waals surface area contributed by atoms with Crippen LogP contribution < -0.4 is 16.6 Å². The molecule has 6 nitrogen and oxygen atoms in total. The van der Waals surface area contributed by atoms with E-state index in [1.54, 1.807) is 17.7 Å². The highest BCUT2D eigenvalue weighted by Crippen LogP contribution is 2.39. The average Bonchev–Trinajstić information content (AvgIpc) is 2.87. The highest BCUT2D eigenvalue weighted by molar-refractivity contribution is 5.34. The van der Waals surface area contributed by atoms with Crippen LogP contribution in [0.25, 0.3) is 0 Å². The van der Waals surface area contributed by atoms with E-state index in [-0.39, 0.29) is 17.3 Å². The molecule has 0 aliphatic heterocycles. The molecular weight excluding hydrogens is 462 g/mol. The Kier molecular flexibility index (Phi) is 7.80. The molecule has 0 atom stereocenters. The standard InChI is InChI=1S/C28H30F2N4O2/c1-20-17-33(18-21-6-3-2-4-7-21)27(36)34(26(20)35)13-5-12-32-25-8-10-28(19-31,11-9-25)22-14-23(29)16-24(30)15-22/h2-4,6-7,14-17,25,32H,5,8-13,18H2,1H3. The van der Waals surface area contributed by atoms with Crippen LogP contribution in [0.2, 0.25) is 0 Å². The van der Waals surface area contributed by atoms with Gasteiger partial charge in [0.15, 0.2) is 0 Å². The lowest BCUT2D eigenvalue weighted by Crippen LogP contribution is -2.42. The van der Waals surface area contributed by atoms with Crippen LogP contribution in [-0.4, -0.2) is 21.7 Å². The van der Waals surface area contributed by atoms with E-state index in [1.165, 1.54) is 16.7 Å². The average molecular weight is 493 g/mol. The number of benzene rings is 2. The minimum absolute atomic E-state index is 0.161. The third-order valence-corrected chi connectivity index (χ3v) is 7.06. The fourth-order valence-electron chi connectivity index (χ4n) is 5.04. The number of hydrogen-bond donors (Lipinski definition) is 1. The molecule has 2 aromatic carbocycles. The van der Waals surface area contributed by atoms with Crippen molar-refractivity contribution < 1.29 is 8.78 Å². The van der Waals surface area contributed by atoms with E-state index >= 15 is 0 Å². The van der Waals surface area contributed by atoms with E-state index in [9.17, 15) is 23.6 Å². The van der Waals surface area contributed by atoms with Gasteiger partial charge in [-0.15, -0.1) is 0 Å². The largest absolute Gasteiger partial charge is 0.331 e. The number of nitriles is 1. The number of aromatic nitrogens is 2. The number of nitrogens with one attached hydrogen (secondary N) is 1. The first-order chi connectivity index (χ1) is 17.3. The van der Waals surface area contributed by atoms with Crippen molar-refractivity contribution in [1.82, 2.24) is 14.5 Å². The van der Waals surface area contributed by atoms with Gasteiger partial charge in [0, 0.05) is 30.4 Å². The first-order valence-corrected chi connectivity index (χ1v) is 12.3. The SMILES string of the molecule is Cc1cn(Cc2ccccc2)c(=O)n(CCCNC2CCC(C#N)(c3cc(F)cc(F)c3)CC2)c1=O. The Morgan fingerprint density at radius 1 is 1.08 bits per heavy atom. The molecule has 1 aliphatic rings. The van der Waals surface area contributed by atoms with Gasteiger partial charge in [-0.3, -0.25) is 13.9 Å². The summed E-state index contributed by atoms with van der Waals surface area (Å²) >= 11 is 0. The first kappa shape index (κ1) is 25.5. The molecule has 8 heteroatoms. The van der Waals surface area contributed by atoms with E-state index in [0.29, 0.717) is 62.9 Å². The Labute approximate surface area is 208 Å².